The summed E-state index contributed by atoms with van der Waals surface area (Å²) in [6, 6.07) is 15.5. The van der Waals surface area contributed by atoms with Crippen molar-refractivity contribution in [3.8, 4) is 22.5 Å². The molecule has 1 aliphatic carbocycles. The van der Waals surface area contributed by atoms with Gasteiger partial charge in [-0.1, -0.05) is 44.3 Å². The predicted octanol–water partition coefficient (Wildman–Crippen LogP) is 6.36. The number of carboxylic acids is 1. The Morgan fingerprint density at radius 3 is 2.53 bits per heavy atom. The van der Waals surface area contributed by atoms with Gasteiger partial charge in [0.1, 0.15) is 11.3 Å². The van der Waals surface area contributed by atoms with Crippen molar-refractivity contribution in [3.05, 3.63) is 75.9 Å². The van der Waals surface area contributed by atoms with E-state index in [1.54, 1.807) is 18.2 Å². The van der Waals surface area contributed by atoms with Gasteiger partial charge in [0.2, 0.25) is 0 Å². The van der Waals surface area contributed by atoms with Crippen LogP contribution in [0.4, 0.5) is 5.69 Å². The van der Waals surface area contributed by atoms with Gasteiger partial charge in [-0.2, -0.15) is 0 Å². The van der Waals surface area contributed by atoms with Crippen LogP contribution in [0.15, 0.2) is 63.8 Å². The second kappa shape index (κ2) is 8.55. The minimum absolute atomic E-state index is 0.142. The monoisotopic (exact) mass is 445 g/mol. The van der Waals surface area contributed by atoms with Gasteiger partial charge in [0.15, 0.2) is 5.43 Å². The van der Waals surface area contributed by atoms with Crippen LogP contribution in [-0.4, -0.2) is 16.1 Å². The van der Waals surface area contributed by atoms with Gasteiger partial charge < -0.3 is 14.8 Å². The maximum absolute atomic E-state index is 12.3. The third-order valence-corrected chi connectivity index (χ3v) is 5.51. The van der Waals surface area contributed by atoms with Gasteiger partial charge in [0.25, 0.3) is 0 Å². The Balaban J connectivity index is 1.96. The number of hydrogen-bond donors (Lipinski definition) is 2. The van der Waals surface area contributed by atoms with E-state index in [4.69, 9.17) is 16.6 Å². The smallest absolute Gasteiger partial charge is 0.336 e. The van der Waals surface area contributed by atoms with Gasteiger partial charge in [-0.05, 0) is 54.3 Å². The topological polar surface area (TPSA) is 79.5 Å². The second-order valence-electron chi connectivity index (χ2n) is 8.35. The molecule has 0 fully saturated rings. The number of rotatable bonds is 5. The molecular formula is C26H23NO4S. The van der Waals surface area contributed by atoms with E-state index < -0.39 is 5.97 Å². The van der Waals surface area contributed by atoms with Gasteiger partial charge in [-0.15, -0.1) is 0 Å². The van der Waals surface area contributed by atoms with Crippen molar-refractivity contribution < 1.29 is 14.3 Å². The van der Waals surface area contributed by atoms with Crippen molar-refractivity contribution in [2.45, 2.75) is 27.2 Å². The first kappa shape index (κ1) is 21.7. The van der Waals surface area contributed by atoms with Crippen molar-refractivity contribution in [1.82, 2.24) is 0 Å². The van der Waals surface area contributed by atoms with E-state index in [0.717, 1.165) is 16.5 Å². The van der Waals surface area contributed by atoms with E-state index >= 15 is 0 Å². The van der Waals surface area contributed by atoms with Gasteiger partial charge in [0.05, 0.1) is 10.6 Å². The number of aryl methyl sites for hydroxylation is 1. The lowest BCUT2D eigenvalue weighted by Crippen LogP contribution is -2.12. The van der Waals surface area contributed by atoms with Crippen molar-refractivity contribution in [2.24, 2.45) is 5.92 Å². The van der Waals surface area contributed by atoms with E-state index in [2.05, 4.69) is 19.2 Å². The van der Waals surface area contributed by atoms with Crippen LogP contribution < -0.4 is 10.7 Å². The van der Waals surface area contributed by atoms with Crippen LogP contribution in [0.5, 0.6) is 0 Å². The molecule has 0 saturated carbocycles. The number of nitrogens with one attached hydrogen (secondary N) is 1. The molecule has 2 N–H and O–H groups in total. The molecule has 0 radical (unpaired) electrons. The molecule has 0 amide bonds. The van der Waals surface area contributed by atoms with Crippen molar-refractivity contribution >= 4 is 39.8 Å². The Hall–Kier alpha value is -3.51. The SMILES string of the molecule is Cc1ccc2c(-c3ccc(NC(=S)CC(C)C)cc3C(=O)O)c3ccc(=O)cc-3oc2c1. The zero-order valence-corrected chi connectivity index (χ0v) is 18.9. The first-order valence-corrected chi connectivity index (χ1v) is 10.8. The number of hydrogen-bond acceptors (Lipinski definition) is 4. The summed E-state index contributed by atoms with van der Waals surface area (Å²) in [5.74, 6) is -0.233. The molecule has 162 valence electrons. The summed E-state index contributed by atoms with van der Waals surface area (Å²) >= 11 is 5.40. The van der Waals surface area contributed by atoms with Crippen molar-refractivity contribution in [2.75, 3.05) is 5.32 Å². The Kier molecular flexibility index (Phi) is 5.80. The number of aromatic carboxylic acids is 1. The zero-order valence-electron chi connectivity index (χ0n) is 18.1. The lowest BCUT2D eigenvalue weighted by molar-refractivity contribution is 0.0698. The van der Waals surface area contributed by atoms with Crippen LogP contribution in [-0.2, 0) is 0 Å². The van der Waals surface area contributed by atoms with Crippen molar-refractivity contribution in [1.29, 1.82) is 0 Å². The molecule has 2 aliphatic rings. The van der Waals surface area contributed by atoms with Crippen LogP contribution in [0.25, 0.3) is 33.4 Å². The molecule has 0 bridgehead atoms. The Bertz CT molecular complexity index is 1390. The fourth-order valence-corrected chi connectivity index (χ4v) is 4.32. The highest BCUT2D eigenvalue weighted by atomic mass is 32.1. The molecule has 0 unspecified atom stereocenters. The largest absolute Gasteiger partial charge is 0.478 e. The van der Waals surface area contributed by atoms with Crippen molar-refractivity contribution in [3.63, 3.8) is 0 Å². The average molecular weight is 446 g/mol. The number of thiocarbonyl (C=S) groups is 1. The highest BCUT2D eigenvalue weighted by Gasteiger charge is 2.22. The van der Waals surface area contributed by atoms with Crippen LogP contribution in [0.2, 0.25) is 0 Å². The maximum atomic E-state index is 12.3. The highest BCUT2D eigenvalue weighted by Crippen LogP contribution is 2.41. The summed E-state index contributed by atoms with van der Waals surface area (Å²) in [4.78, 5) is 24.9. The standard InChI is InChI=1S/C26H23NO4S/c1-14(2)10-24(32)27-16-5-8-18(21(12-16)26(29)30)25-19-7-4-15(3)11-22(19)31-23-13-17(28)6-9-20(23)25/h4-9,11-14H,10H2,1-3H3,(H,27,32)(H,29,30). The fraction of sp³-hybridized carbons (Fsp3) is 0.192. The minimum atomic E-state index is -1.05. The highest BCUT2D eigenvalue weighted by molar-refractivity contribution is 7.80. The van der Waals surface area contributed by atoms with Crippen LogP contribution in [0.3, 0.4) is 0 Å². The zero-order chi connectivity index (χ0) is 23.0. The molecule has 4 rings (SSSR count). The molecule has 0 atom stereocenters. The van der Waals surface area contributed by atoms with E-state index in [9.17, 15) is 14.7 Å². The number of carboxylic acid groups (broad SMARTS) is 1. The Morgan fingerprint density at radius 2 is 1.81 bits per heavy atom. The molecule has 0 aromatic heterocycles. The minimum Gasteiger partial charge on any atom is -0.478 e. The van der Waals surface area contributed by atoms with Gasteiger partial charge >= 0.3 is 5.97 Å². The molecule has 0 spiro atoms. The lowest BCUT2D eigenvalue weighted by atomic mass is 9.90. The molecule has 2 aromatic carbocycles. The number of fused-ring (bicyclic) bond motifs is 2. The maximum Gasteiger partial charge on any atom is 0.336 e. The van der Waals surface area contributed by atoms with Crippen LogP contribution in [0.1, 0.15) is 36.2 Å². The molecular weight excluding hydrogens is 422 g/mol. The molecule has 6 heteroatoms. The molecule has 1 heterocycles. The van der Waals surface area contributed by atoms with E-state index in [-0.39, 0.29) is 11.0 Å². The number of anilines is 1. The summed E-state index contributed by atoms with van der Waals surface area (Å²) < 4.78 is 6.01. The molecule has 1 aliphatic heterocycles. The quantitative estimate of drug-likeness (QED) is 0.275. The lowest BCUT2D eigenvalue weighted by Gasteiger charge is -2.18. The Labute approximate surface area is 191 Å². The predicted molar refractivity (Wildman–Crippen MR) is 132 cm³/mol. The first-order valence-electron chi connectivity index (χ1n) is 10.4. The average Bonchev–Trinajstić information content (AvgIpc) is 2.71. The first-order chi connectivity index (χ1) is 15.2. The van der Waals surface area contributed by atoms with Crippen LogP contribution >= 0.6 is 12.2 Å². The van der Waals surface area contributed by atoms with E-state index in [1.165, 1.54) is 12.1 Å². The number of benzene rings is 3. The van der Waals surface area contributed by atoms with E-state index in [0.29, 0.717) is 45.5 Å². The molecule has 32 heavy (non-hydrogen) atoms. The van der Waals surface area contributed by atoms with Crippen LogP contribution in [0, 0.1) is 12.8 Å². The third kappa shape index (κ3) is 4.27. The summed E-state index contributed by atoms with van der Waals surface area (Å²) in [5.41, 5.74) is 4.14. The van der Waals surface area contributed by atoms with E-state index in [1.807, 2.05) is 31.2 Å². The summed E-state index contributed by atoms with van der Waals surface area (Å²) in [6.45, 7) is 6.10. The van der Waals surface area contributed by atoms with Gasteiger partial charge in [-0.25, -0.2) is 4.79 Å². The second-order valence-corrected chi connectivity index (χ2v) is 8.84. The van der Waals surface area contributed by atoms with Gasteiger partial charge in [-0.3, -0.25) is 4.79 Å². The molecule has 5 nitrogen and oxygen atoms in total. The molecule has 2 aromatic rings. The fourth-order valence-electron chi connectivity index (χ4n) is 3.87. The normalized spacial score (nSPS) is 11.2. The molecule has 0 saturated heterocycles. The third-order valence-electron chi connectivity index (χ3n) is 5.25. The summed E-state index contributed by atoms with van der Waals surface area (Å²) in [5, 5.41) is 14.0. The summed E-state index contributed by atoms with van der Waals surface area (Å²) in [7, 11) is 0. The summed E-state index contributed by atoms with van der Waals surface area (Å²) in [6.07, 6.45) is 0.714. The van der Waals surface area contributed by atoms with Gasteiger partial charge in [0, 0.05) is 34.7 Å². The Morgan fingerprint density at radius 1 is 1.06 bits per heavy atom. The number of carbonyl (C=O) groups is 1.